The van der Waals surface area contributed by atoms with Crippen LogP contribution in [0.4, 0.5) is 0 Å². The summed E-state index contributed by atoms with van der Waals surface area (Å²) in [4.78, 5) is 41.5. The van der Waals surface area contributed by atoms with Crippen molar-refractivity contribution in [1.82, 2.24) is 10.2 Å². The fraction of sp³-hybridized carbons (Fsp3) is 0.886. The largest absolute Gasteiger partial charge is 0.481 e. The second-order valence-corrected chi connectivity index (χ2v) is 20.4. The van der Waals surface area contributed by atoms with Gasteiger partial charge in [-0.2, -0.15) is 0 Å². The lowest BCUT2D eigenvalue weighted by molar-refractivity contribution is -0.251. The second kappa shape index (κ2) is 15.0. The van der Waals surface area contributed by atoms with E-state index in [2.05, 4.69) is 72.2 Å². The summed E-state index contributed by atoms with van der Waals surface area (Å²) in [5, 5.41) is 12.8. The van der Waals surface area contributed by atoms with Crippen molar-refractivity contribution in [2.75, 3.05) is 39.4 Å². The van der Waals surface area contributed by atoms with Gasteiger partial charge in [0.15, 0.2) is 0 Å². The summed E-state index contributed by atoms with van der Waals surface area (Å²) in [7, 11) is 0. The lowest BCUT2D eigenvalue weighted by Crippen LogP contribution is -2.68. The minimum atomic E-state index is -0.887. The maximum Gasteiger partial charge on any atom is 0.306 e. The average molecular weight is 727 g/mol. The Balaban J connectivity index is 1.37. The molecule has 1 heterocycles. The minimum absolute atomic E-state index is 0.0537. The number of fused-ring (bicyclic) bond motifs is 5. The Labute approximate surface area is 316 Å². The summed E-state index contributed by atoms with van der Waals surface area (Å²) in [6.07, 6.45) is 9.32. The zero-order valence-corrected chi connectivity index (χ0v) is 34.6. The first-order valence-corrected chi connectivity index (χ1v) is 20.8. The van der Waals surface area contributed by atoms with Gasteiger partial charge in [0.25, 0.3) is 0 Å². The Morgan fingerprint density at radius 2 is 1.60 bits per heavy atom. The molecule has 8 unspecified atom stereocenters. The number of aliphatic carboxylic acids is 1. The Kier molecular flexibility index (Phi) is 11.9. The molecule has 1 amide bonds. The van der Waals surface area contributed by atoms with Gasteiger partial charge in [-0.15, -0.1) is 0 Å². The summed E-state index contributed by atoms with van der Waals surface area (Å²) in [5.41, 5.74) is 0.320. The molecule has 2 N–H and O–H groups in total. The Hall–Kier alpha value is -1.93. The number of allylic oxidation sites excluding steroid dienone is 1. The van der Waals surface area contributed by atoms with Gasteiger partial charge in [0.2, 0.25) is 5.91 Å². The highest BCUT2D eigenvalue weighted by molar-refractivity contribution is 5.83. The van der Waals surface area contributed by atoms with Crippen LogP contribution in [0.5, 0.6) is 0 Å². The molecule has 8 nitrogen and oxygen atoms in total. The molecule has 0 aromatic carbocycles. The van der Waals surface area contributed by atoms with Gasteiger partial charge < -0.3 is 19.9 Å². The molecule has 4 saturated carbocycles. The standard InChI is InChI=1S/C44H74N2O6/c1-12-30(29(2)3)37-31-13-14-33-41(8)17-16-34(52-36(49)28-39(4,5)27-35(47)48)40(6,7)32(41)15-18-44(33,11)43(31,10)20-19-42(37,9)38(50)45-21-22-46-23-25-51-26-24-46/h30-34,37H,2,12-28H2,1,3-11H3,(H,45,50)(H,47,48)/t30-,31?,32?,33?,34?,37?,41?,42?,43+,44?/m0/s1. The van der Waals surface area contributed by atoms with E-state index < -0.39 is 16.8 Å². The molecule has 0 bridgehead atoms. The fourth-order valence-electron chi connectivity index (χ4n) is 13.7. The van der Waals surface area contributed by atoms with E-state index in [1.54, 1.807) is 0 Å². The minimum Gasteiger partial charge on any atom is -0.481 e. The number of nitrogens with zero attached hydrogens (tertiary/aromatic N) is 1. The van der Waals surface area contributed by atoms with Gasteiger partial charge in [-0.1, -0.05) is 74.5 Å². The Morgan fingerprint density at radius 1 is 0.923 bits per heavy atom. The number of hydrogen-bond donors (Lipinski definition) is 2. The first-order chi connectivity index (χ1) is 24.2. The topological polar surface area (TPSA) is 105 Å². The first kappa shape index (κ1) is 41.2. The molecule has 0 spiro atoms. The van der Waals surface area contributed by atoms with E-state index in [1.165, 1.54) is 12.0 Å². The van der Waals surface area contributed by atoms with Crippen LogP contribution < -0.4 is 5.32 Å². The van der Waals surface area contributed by atoms with Crippen molar-refractivity contribution in [2.24, 2.45) is 62.1 Å². The molecule has 52 heavy (non-hydrogen) atoms. The van der Waals surface area contributed by atoms with Crippen molar-refractivity contribution < 1.29 is 29.0 Å². The number of hydrogen-bond acceptors (Lipinski definition) is 6. The molecular formula is C44H74N2O6. The molecule has 5 rings (SSSR count). The third kappa shape index (κ3) is 7.27. The van der Waals surface area contributed by atoms with Gasteiger partial charge in [0, 0.05) is 31.6 Å². The number of nitrogens with one attached hydrogen (secondary N) is 1. The van der Waals surface area contributed by atoms with E-state index >= 15 is 0 Å². The van der Waals surface area contributed by atoms with Crippen molar-refractivity contribution in [3.8, 4) is 0 Å². The predicted molar refractivity (Wildman–Crippen MR) is 206 cm³/mol. The molecule has 1 saturated heterocycles. The summed E-state index contributed by atoms with van der Waals surface area (Å²) < 4.78 is 11.8. The van der Waals surface area contributed by atoms with Crippen LogP contribution in [-0.4, -0.2) is 73.3 Å². The zero-order valence-electron chi connectivity index (χ0n) is 34.6. The first-order valence-electron chi connectivity index (χ1n) is 20.8. The molecule has 4 aliphatic carbocycles. The lowest BCUT2D eigenvalue weighted by atomic mass is 9.32. The summed E-state index contributed by atoms with van der Waals surface area (Å²) >= 11 is 0. The highest BCUT2D eigenvalue weighted by Gasteiger charge is 2.70. The molecule has 0 aromatic heterocycles. The van der Waals surface area contributed by atoms with Crippen molar-refractivity contribution in [1.29, 1.82) is 0 Å². The van der Waals surface area contributed by atoms with Gasteiger partial charge in [-0.25, -0.2) is 0 Å². The maximum absolute atomic E-state index is 14.5. The summed E-state index contributed by atoms with van der Waals surface area (Å²) in [6, 6.07) is 0. The van der Waals surface area contributed by atoms with Gasteiger partial charge in [-0.3, -0.25) is 19.3 Å². The van der Waals surface area contributed by atoms with Gasteiger partial charge >= 0.3 is 11.9 Å². The van der Waals surface area contributed by atoms with Crippen molar-refractivity contribution in [3.05, 3.63) is 12.2 Å². The van der Waals surface area contributed by atoms with Gasteiger partial charge in [0.05, 0.1) is 31.5 Å². The normalized spacial score (nSPS) is 39.6. The molecule has 0 aromatic rings. The molecule has 0 radical (unpaired) electrons. The molecule has 10 atom stereocenters. The van der Waals surface area contributed by atoms with E-state index in [0.717, 1.165) is 84.2 Å². The van der Waals surface area contributed by atoms with E-state index in [-0.39, 0.29) is 58.4 Å². The Bertz CT molecular complexity index is 1350. The number of carboxylic acids is 1. The van der Waals surface area contributed by atoms with Crippen LogP contribution in [0.2, 0.25) is 0 Å². The molecule has 1 aliphatic heterocycles. The number of carbonyl (C=O) groups excluding carboxylic acids is 2. The van der Waals surface area contributed by atoms with Crippen LogP contribution in [0, 0.1) is 62.1 Å². The third-order valence-corrected chi connectivity index (χ3v) is 16.6. The lowest BCUT2D eigenvalue weighted by Gasteiger charge is -2.73. The smallest absolute Gasteiger partial charge is 0.306 e. The van der Waals surface area contributed by atoms with Crippen LogP contribution >= 0.6 is 0 Å². The second-order valence-electron chi connectivity index (χ2n) is 20.4. The van der Waals surface area contributed by atoms with E-state index in [1.807, 2.05) is 13.8 Å². The number of ether oxygens (including phenoxy) is 2. The third-order valence-electron chi connectivity index (χ3n) is 16.6. The van der Waals surface area contributed by atoms with E-state index in [4.69, 9.17) is 9.47 Å². The van der Waals surface area contributed by atoms with Gasteiger partial charge in [0.1, 0.15) is 6.10 Å². The highest BCUT2D eigenvalue weighted by Crippen LogP contribution is 2.76. The Morgan fingerprint density at radius 3 is 2.21 bits per heavy atom. The molecule has 8 heteroatoms. The van der Waals surface area contributed by atoms with Crippen molar-refractivity contribution in [2.45, 2.75) is 146 Å². The highest BCUT2D eigenvalue weighted by atomic mass is 16.5. The van der Waals surface area contributed by atoms with Crippen LogP contribution in [-0.2, 0) is 23.9 Å². The number of rotatable bonds is 12. The number of esters is 1. The average Bonchev–Trinajstić information content (AvgIpc) is 3.04. The van der Waals surface area contributed by atoms with Crippen molar-refractivity contribution in [3.63, 3.8) is 0 Å². The van der Waals surface area contributed by atoms with Crippen LogP contribution in [0.25, 0.3) is 0 Å². The number of carboxylic acid groups (broad SMARTS) is 1. The van der Waals surface area contributed by atoms with Crippen molar-refractivity contribution >= 4 is 17.8 Å². The van der Waals surface area contributed by atoms with Crippen LogP contribution in [0.1, 0.15) is 140 Å². The predicted octanol–water partition coefficient (Wildman–Crippen LogP) is 8.53. The van der Waals surface area contributed by atoms with Crippen LogP contribution in [0.3, 0.4) is 0 Å². The number of morpholine rings is 1. The fourth-order valence-corrected chi connectivity index (χ4v) is 13.7. The monoisotopic (exact) mass is 727 g/mol. The van der Waals surface area contributed by atoms with Gasteiger partial charge in [-0.05, 0) is 116 Å². The molecule has 296 valence electrons. The SMILES string of the molecule is C=C(C)[C@H](CC)C1C2CCC3C4(C)CCC(OC(=O)CC(C)(C)CC(=O)O)C(C)(C)C4CCC3(C)[C@]2(C)CCC1(C)C(=O)NCCN1CCOCC1. The summed E-state index contributed by atoms with van der Waals surface area (Å²) in [6.45, 7) is 32.4. The maximum atomic E-state index is 14.5. The van der Waals surface area contributed by atoms with E-state index in [0.29, 0.717) is 30.2 Å². The quantitative estimate of drug-likeness (QED) is 0.153. The number of amides is 1. The summed E-state index contributed by atoms with van der Waals surface area (Å²) in [5.74, 6) is 1.05. The molecule has 5 aliphatic rings. The molecular weight excluding hydrogens is 652 g/mol. The number of carbonyl (C=O) groups is 3. The van der Waals surface area contributed by atoms with Crippen LogP contribution in [0.15, 0.2) is 12.2 Å². The van der Waals surface area contributed by atoms with E-state index in [9.17, 15) is 19.5 Å². The molecule has 5 fully saturated rings. The zero-order chi connectivity index (χ0) is 38.5.